The summed E-state index contributed by atoms with van der Waals surface area (Å²) in [6.45, 7) is 3.65. The van der Waals surface area contributed by atoms with Crippen molar-refractivity contribution >= 4 is 57.8 Å². The third kappa shape index (κ3) is 4.00. The highest BCUT2D eigenvalue weighted by Crippen LogP contribution is 2.32. The molecule has 1 heterocycles. The van der Waals surface area contributed by atoms with Crippen molar-refractivity contribution in [1.29, 1.82) is 0 Å². The SMILES string of the molecule is Cc1cc(C=C2SC(=Nc3ccc(Cl)c(Cl)c3)NC2=O)cc(C)c1O. The van der Waals surface area contributed by atoms with E-state index < -0.39 is 0 Å². The molecule has 0 aliphatic carbocycles. The number of rotatable bonds is 2. The van der Waals surface area contributed by atoms with Crippen LogP contribution in [0.2, 0.25) is 10.0 Å². The van der Waals surface area contributed by atoms with Gasteiger partial charge in [-0.05, 0) is 78.7 Å². The maximum atomic E-state index is 12.2. The Bertz CT molecular complexity index is 916. The van der Waals surface area contributed by atoms with Crippen LogP contribution in [-0.2, 0) is 4.79 Å². The maximum Gasteiger partial charge on any atom is 0.264 e. The molecule has 1 saturated heterocycles. The zero-order valence-corrected chi connectivity index (χ0v) is 15.8. The van der Waals surface area contributed by atoms with Gasteiger partial charge in [-0.15, -0.1) is 0 Å². The molecule has 0 aromatic heterocycles. The Balaban J connectivity index is 1.87. The lowest BCUT2D eigenvalue weighted by molar-refractivity contribution is -0.115. The molecule has 2 N–H and O–H groups in total. The first kappa shape index (κ1) is 17.9. The van der Waals surface area contributed by atoms with Crippen LogP contribution >= 0.6 is 35.0 Å². The summed E-state index contributed by atoms with van der Waals surface area (Å²) in [6.07, 6.45) is 1.77. The van der Waals surface area contributed by atoms with Gasteiger partial charge in [0.2, 0.25) is 0 Å². The molecule has 1 amide bonds. The highest BCUT2D eigenvalue weighted by Gasteiger charge is 2.24. The summed E-state index contributed by atoms with van der Waals surface area (Å²) in [5, 5.41) is 13.9. The first-order chi connectivity index (χ1) is 11.8. The van der Waals surface area contributed by atoms with Gasteiger partial charge in [-0.3, -0.25) is 4.79 Å². The lowest BCUT2D eigenvalue weighted by Gasteiger charge is -2.05. The van der Waals surface area contributed by atoms with Gasteiger partial charge in [0.25, 0.3) is 5.91 Å². The summed E-state index contributed by atoms with van der Waals surface area (Å²) in [7, 11) is 0. The van der Waals surface area contributed by atoms with E-state index >= 15 is 0 Å². The number of aromatic hydroxyl groups is 1. The van der Waals surface area contributed by atoms with Crippen molar-refractivity contribution in [3.05, 3.63) is 62.0 Å². The number of halogens is 2. The molecule has 0 spiro atoms. The fourth-order valence-corrected chi connectivity index (χ4v) is 3.51. The molecular weight excluding hydrogens is 379 g/mol. The number of amides is 1. The van der Waals surface area contributed by atoms with E-state index in [0.29, 0.717) is 25.8 Å². The van der Waals surface area contributed by atoms with E-state index in [1.54, 1.807) is 24.3 Å². The number of carbonyl (C=O) groups is 1. The molecule has 1 fully saturated rings. The molecule has 3 rings (SSSR count). The largest absolute Gasteiger partial charge is 0.507 e. The van der Waals surface area contributed by atoms with Crippen LogP contribution in [0, 0.1) is 13.8 Å². The van der Waals surface area contributed by atoms with E-state index in [1.165, 1.54) is 11.8 Å². The van der Waals surface area contributed by atoms with E-state index in [1.807, 2.05) is 26.0 Å². The number of nitrogens with one attached hydrogen (secondary N) is 1. The van der Waals surface area contributed by atoms with Crippen molar-refractivity contribution in [2.75, 3.05) is 0 Å². The lowest BCUT2D eigenvalue weighted by Crippen LogP contribution is -2.19. The zero-order chi connectivity index (χ0) is 18.1. The number of phenolic OH excluding ortho intramolecular Hbond substituents is 1. The molecular formula is C18H14Cl2N2O2S. The predicted octanol–water partition coefficient (Wildman–Crippen LogP) is 5.21. The summed E-state index contributed by atoms with van der Waals surface area (Å²) >= 11 is 13.1. The van der Waals surface area contributed by atoms with Gasteiger partial charge in [-0.1, -0.05) is 23.2 Å². The van der Waals surface area contributed by atoms with Crippen LogP contribution < -0.4 is 5.32 Å². The Kier molecular flexibility index (Phi) is 5.08. The van der Waals surface area contributed by atoms with E-state index in [4.69, 9.17) is 23.2 Å². The van der Waals surface area contributed by atoms with E-state index in [2.05, 4.69) is 10.3 Å². The number of thioether (sulfide) groups is 1. The molecule has 2 aromatic rings. The van der Waals surface area contributed by atoms with Crippen LogP contribution in [0.15, 0.2) is 40.2 Å². The lowest BCUT2D eigenvalue weighted by atomic mass is 10.1. The summed E-state index contributed by atoms with van der Waals surface area (Å²) in [6, 6.07) is 8.68. The highest BCUT2D eigenvalue weighted by molar-refractivity contribution is 8.18. The molecule has 0 unspecified atom stereocenters. The van der Waals surface area contributed by atoms with Gasteiger partial charge in [-0.25, -0.2) is 4.99 Å². The van der Waals surface area contributed by atoms with E-state index in [0.717, 1.165) is 16.7 Å². The van der Waals surface area contributed by atoms with Crippen LogP contribution in [0.1, 0.15) is 16.7 Å². The molecule has 0 saturated carbocycles. The van der Waals surface area contributed by atoms with Gasteiger partial charge in [0, 0.05) is 0 Å². The smallest absolute Gasteiger partial charge is 0.264 e. The van der Waals surface area contributed by atoms with E-state index in [9.17, 15) is 9.90 Å². The van der Waals surface area contributed by atoms with Gasteiger partial charge in [0.05, 0.1) is 20.6 Å². The normalized spacial score (nSPS) is 17.4. The van der Waals surface area contributed by atoms with Gasteiger partial charge in [-0.2, -0.15) is 0 Å². The number of phenols is 1. The molecule has 0 atom stereocenters. The highest BCUT2D eigenvalue weighted by atomic mass is 35.5. The van der Waals surface area contributed by atoms with Crippen molar-refractivity contribution in [3.63, 3.8) is 0 Å². The number of amidine groups is 1. The third-order valence-corrected chi connectivity index (χ3v) is 5.24. The Morgan fingerprint density at radius 3 is 2.44 bits per heavy atom. The number of carbonyl (C=O) groups excluding carboxylic acids is 1. The molecule has 128 valence electrons. The topological polar surface area (TPSA) is 61.7 Å². The quantitative estimate of drug-likeness (QED) is 0.689. The molecule has 2 aromatic carbocycles. The van der Waals surface area contributed by atoms with Crippen LogP contribution in [0.3, 0.4) is 0 Å². The second-order valence-electron chi connectivity index (χ2n) is 5.58. The van der Waals surface area contributed by atoms with Crippen LogP contribution in [-0.4, -0.2) is 16.2 Å². The number of aryl methyl sites for hydroxylation is 2. The summed E-state index contributed by atoms with van der Waals surface area (Å²) in [5.41, 5.74) is 2.98. The van der Waals surface area contributed by atoms with Crippen molar-refractivity contribution in [3.8, 4) is 5.75 Å². The van der Waals surface area contributed by atoms with E-state index in [-0.39, 0.29) is 11.7 Å². The number of aliphatic imine (C=N–C) groups is 1. The van der Waals surface area contributed by atoms with Crippen molar-refractivity contribution in [2.45, 2.75) is 13.8 Å². The predicted molar refractivity (Wildman–Crippen MR) is 105 cm³/mol. The minimum atomic E-state index is -0.216. The minimum absolute atomic E-state index is 0.216. The van der Waals surface area contributed by atoms with Crippen LogP contribution in [0.5, 0.6) is 5.75 Å². The maximum absolute atomic E-state index is 12.2. The Labute approximate surface area is 159 Å². The summed E-state index contributed by atoms with van der Waals surface area (Å²) < 4.78 is 0. The first-order valence-corrected chi connectivity index (χ1v) is 8.95. The summed E-state index contributed by atoms with van der Waals surface area (Å²) in [4.78, 5) is 17.1. The average molecular weight is 393 g/mol. The van der Waals surface area contributed by atoms with Gasteiger partial charge in [0.1, 0.15) is 5.75 Å². The first-order valence-electron chi connectivity index (χ1n) is 7.38. The second-order valence-corrected chi connectivity index (χ2v) is 7.43. The van der Waals surface area contributed by atoms with Crippen molar-refractivity contribution in [2.24, 2.45) is 4.99 Å². The molecule has 0 bridgehead atoms. The fraction of sp³-hybridized carbons (Fsp3) is 0.111. The van der Waals surface area contributed by atoms with Crippen LogP contribution in [0.4, 0.5) is 5.69 Å². The Hall–Kier alpha value is -1.95. The molecule has 7 heteroatoms. The number of hydrogen-bond acceptors (Lipinski definition) is 4. The molecule has 1 aliphatic rings. The van der Waals surface area contributed by atoms with Crippen molar-refractivity contribution < 1.29 is 9.90 Å². The zero-order valence-electron chi connectivity index (χ0n) is 13.4. The molecule has 4 nitrogen and oxygen atoms in total. The van der Waals surface area contributed by atoms with Gasteiger partial charge in [0.15, 0.2) is 5.17 Å². The number of nitrogens with zero attached hydrogens (tertiary/aromatic N) is 1. The monoisotopic (exact) mass is 392 g/mol. The summed E-state index contributed by atoms with van der Waals surface area (Å²) in [5.74, 6) is 0.0553. The van der Waals surface area contributed by atoms with Crippen LogP contribution in [0.25, 0.3) is 6.08 Å². The Morgan fingerprint density at radius 2 is 1.80 bits per heavy atom. The second kappa shape index (κ2) is 7.12. The molecule has 25 heavy (non-hydrogen) atoms. The standard InChI is InChI=1S/C18H14Cl2N2O2S/c1-9-5-11(6-10(2)16(9)23)7-15-17(24)22-18(25-15)21-12-3-4-13(19)14(20)8-12/h3-8,23H,1-2H3,(H,21,22,24). The van der Waals surface area contributed by atoms with Gasteiger partial charge >= 0.3 is 0 Å². The number of hydrogen-bond donors (Lipinski definition) is 2. The van der Waals surface area contributed by atoms with Crippen molar-refractivity contribution in [1.82, 2.24) is 5.32 Å². The number of benzene rings is 2. The minimum Gasteiger partial charge on any atom is -0.507 e. The Morgan fingerprint density at radius 1 is 1.12 bits per heavy atom. The third-order valence-electron chi connectivity index (χ3n) is 3.60. The van der Waals surface area contributed by atoms with Gasteiger partial charge < -0.3 is 10.4 Å². The molecule has 0 radical (unpaired) electrons. The fourth-order valence-electron chi connectivity index (χ4n) is 2.38. The molecule has 1 aliphatic heterocycles. The average Bonchev–Trinajstić information content (AvgIpc) is 2.88.